The first-order valence-electron chi connectivity index (χ1n) is 10.2. The number of aryl methyl sites for hydroxylation is 1. The lowest BCUT2D eigenvalue weighted by atomic mass is 9.96. The lowest BCUT2D eigenvalue weighted by molar-refractivity contribution is -0.121. The smallest absolute Gasteiger partial charge is 0.231 e. The predicted octanol–water partition coefficient (Wildman–Crippen LogP) is 3.57. The zero-order chi connectivity index (χ0) is 20.2. The highest BCUT2D eigenvalue weighted by molar-refractivity contribution is 5.95. The molecule has 2 aromatic carbocycles. The van der Waals surface area contributed by atoms with Gasteiger partial charge in [0.25, 0.3) is 0 Å². The third-order valence-corrected chi connectivity index (χ3v) is 5.51. The van der Waals surface area contributed by atoms with Crippen LogP contribution < -0.4 is 19.7 Å². The number of benzene rings is 2. The largest absolute Gasteiger partial charge is 0.454 e. The van der Waals surface area contributed by atoms with Crippen molar-refractivity contribution in [2.75, 3.05) is 11.7 Å². The second kappa shape index (κ2) is 8.55. The van der Waals surface area contributed by atoms with Gasteiger partial charge in [-0.25, -0.2) is 0 Å². The molecule has 0 aromatic heterocycles. The summed E-state index contributed by atoms with van der Waals surface area (Å²) < 4.78 is 10.6. The molecule has 2 amide bonds. The van der Waals surface area contributed by atoms with E-state index in [0.29, 0.717) is 31.6 Å². The molecule has 6 heteroatoms. The van der Waals surface area contributed by atoms with E-state index < -0.39 is 0 Å². The fraction of sp³-hybridized carbons (Fsp3) is 0.391. The average molecular weight is 394 g/mol. The van der Waals surface area contributed by atoms with Crippen molar-refractivity contribution < 1.29 is 19.1 Å². The van der Waals surface area contributed by atoms with Crippen LogP contribution in [0.5, 0.6) is 11.5 Å². The van der Waals surface area contributed by atoms with E-state index in [4.69, 9.17) is 9.47 Å². The van der Waals surface area contributed by atoms with Gasteiger partial charge < -0.3 is 19.7 Å². The maximum absolute atomic E-state index is 12.8. The Hall–Kier alpha value is -3.02. The van der Waals surface area contributed by atoms with Gasteiger partial charge in [-0.2, -0.15) is 0 Å². The molecule has 1 unspecified atom stereocenters. The Labute approximate surface area is 170 Å². The highest BCUT2D eigenvalue weighted by Crippen LogP contribution is 2.33. The zero-order valence-electron chi connectivity index (χ0n) is 16.6. The summed E-state index contributed by atoms with van der Waals surface area (Å²) in [5.74, 6) is 1.47. The molecule has 29 heavy (non-hydrogen) atoms. The lowest BCUT2D eigenvalue weighted by Crippen LogP contribution is -2.42. The van der Waals surface area contributed by atoms with E-state index in [1.165, 1.54) is 5.56 Å². The van der Waals surface area contributed by atoms with Crippen molar-refractivity contribution in [1.29, 1.82) is 0 Å². The van der Waals surface area contributed by atoms with Gasteiger partial charge in [-0.1, -0.05) is 24.3 Å². The molecule has 1 N–H and O–H groups in total. The van der Waals surface area contributed by atoms with Crippen molar-refractivity contribution in [2.24, 2.45) is 0 Å². The first-order chi connectivity index (χ1) is 14.1. The molecule has 152 valence electrons. The molecule has 2 heterocycles. The third-order valence-electron chi connectivity index (χ3n) is 5.51. The fourth-order valence-corrected chi connectivity index (χ4v) is 3.93. The van der Waals surface area contributed by atoms with Crippen molar-refractivity contribution in [3.63, 3.8) is 0 Å². The van der Waals surface area contributed by atoms with Gasteiger partial charge in [-0.15, -0.1) is 0 Å². The molecular formula is C23H26N2O4. The Bertz CT molecular complexity index is 912. The number of amides is 2. The van der Waals surface area contributed by atoms with Crippen LogP contribution in [0.15, 0.2) is 42.5 Å². The summed E-state index contributed by atoms with van der Waals surface area (Å²) in [6, 6.07) is 13.9. The van der Waals surface area contributed by atoms with E-state index >= 15 is 0 Å². The van der Waals surface area contributed by atoms with Crippen molar-refractivity contribution in [3.05, 3.63) is 53.6 Å². The average Bonchev–Trinajstić information content (AvgIpc) is 3.20. The summed E-state index contributed by atoms with van der Waals surface area (Å²) in [5.41, 5.74) is 3.20. The molecule has 0 radical (unpaired) electrons. The molecule has 0 saturated heterocycles. The summed E-state index contributed by atoms with van der Waals surface area (Å²) in [4.78, 5) is 26.9. The van der Waals surface area contributed by atoms with Crippen LogP contribution in [0.2, 0.25) is 0 Å². The van der Waals surface area contributed by atoms with Crippen LogP contribution in [0.4, 0.5) is 5.69 Å². The molecule has 0 saturated carbocycles. The third kappa shape index (κ3) is 4.36. The molecule has 0 spiro atoms. The Morgan fingerprint density at radius 1 is 1.10 bits per heavy atom. The van der Waals surface area contributed by atoms with Gasteiger partial charge in [0.15, 0.2) is 11.5 Å². The molecule has 0 bridgehead atoms. The molecule has 2 aliphatic heterocycles. The summed E-state index contributed by atoms with van der Waals surface area (Å²) in [7, 11) is 0. The van der Waals surface area contributed by atoms with E-state index in [-0.39, 0.29) is 24.6 Å². The number of anilines is 1. The van der Waals surface area contributed by atoms with Gasteiger partial charge in [-0.05, 0) is 55.5 Å². The zero-order valence-corrected chi connectivity index (χ0v) is 16.6. The van der Waals surface area contributed by atoms with Crippen molar-refractivity contribution >= 4 is 17.5 Å². The van der Waals surface area contributed by atoms with Crippen LogP contribution in [-0.2, 0) is 22.6 Å². The minimum Gasteiger partial charge on any atom is -0.454 e. The second-order valence-electron chi connectivity index (χ2n) is 7.60. The first kappa shape index (κ1) is 19.3. The number of hydrogen-bond acceptors (Lipinski definition) is 4. The molecular weight excluding hydrogens is 368 g/mol. The van der Waals surface area contributed by atoms with Crippen LogP contribution >= 0.6 is 0 Å². The van der Waals surface area contributed by atoms with Gasteiger partial charge >= 0.3 is 0 Å². The normalized spacial score (nSPS) is 17.0. The van der Waals surface area contributed by atoms with Gasteiger partial charge in [0.2, 0.25) is 18.6 Å². The van der Waals surface area contributed by atoms with Crippen molar-refractivity contribution in [1.82, 2.24) is 5.32 Å². The quantitative estimate of drug-likeness (QED) is 0.813. The molecule has 6 nitrogen and oxygen atoms in total. The summed E-state index contributed by atoms with van der Waals surface area (Å²) in [6.45, 7) is 2.76. The highest BCUT2D eigenvalue weighted by atomic mass is 16.7. The number of para-hydroxylation sites is 1. The van der Waals surface area contributed by atoms with Crippen LogP contribution in [0, 0.1) is 0 Å². The Balaban J connectivity index is 1.24. The van der Waals surface area contributed by atoms with E-state index in [2.05, 4.69) is 18.3 Å². The van der Waals surface area contributed by atoms with E-state index in [1.54, 1.807) is 0 Å². The van der Waals surface area contributed by atoms with Crippen LogP contribution in [-0.4, -0.2) is 24.6 Å². The number of rotatable bonds is 6. The molecule has 4 rings (SSSR count). The van der Waals surface area contributed by atoms with Gasteiger partial charge in [0.1, 0.15) is 0 Å². The summed E-state index contributed by atoms with van der Waals surface area (Å²) >= 11 is 0. The summed E-state index contributed by atoms with van der Waals surface area (Å²) in [5, 5.41) is 2.91. The predicted molar refractivity (Wildman–Crippen MR) is 110 cm³/mol. The minimum atomic E-state index is -0.0532. The van der Waals surface area contributed by atoms with Gasteiger partial charge in [-0.3, -0.25) is 9.59 Å². The van der Waals surface area contributed by atoms with Crippen LogP contribution in [0.1, 0.15) is 43.7 Å². The van der Waals surface area contributed by atoms with Crippen LogP contribution in [0.25, 0.3) is 0 Å². The van der Waals surface area contributed by atoms with Crippen molar-refractivity contribution in [3.8, 4) is 11.5 Å². The highest BCUT2D eigenvalue weighted by Gasteiger charge is 2.27. The number of fused-ring (bicyclic) bond motifs is 2. The SMILES string of the molecule is CC1CCc2ccccc2N1C(=O)CCCC(=O)NCc1ccc2c(c1)OCO2. The van der Waals surface area contributed by atoms with E-state index in [0.717, 1.165) is 29.8 Å². The fourth-order valence-electron chi connectivity index (χ4n) is 3.93. The molecule has 0 aliphatic carbocycles. The first-order valence-corrected chi connectivity index (χ1v) is 10.2. The lowest BCUT2D eigenvalue weighted by Gasteiger charge is -2.35. The maximum atomic E-state index is 12.8. The maximum Gasteiger partial charge on any atom is 0.231 e. The number of nitrogens with zero attached hydrogens (tertiary/aromatic N) is 1. The second-order valence-corrected chi connectivity index (χ2v) is 7.60. The summed E-state index contributed by atoms with van der Waals surface area (Å²) in [6.07, 6.45) is 3.22. The number of nitrogens with one attached hydrogen (secondary N) is 1. The Morgan fingerprint density at radius 2 is 1.93 bits per heavy atom. The van der Waals surface area contributed by atoms with E-state index in [1.807, 2.05) is 41.3 Å². The monoisotopic (exact) mass is 394 g/mol. The van der Waals surface area contributed by atoms with Gasteiger partial charge in [0.05, 0.1) is 0 Å². The number of carbonyl (C=O) groups is 2. The molecule has 1 atom stereocenters. The van der Waals surface area contributed by atoms with E-state index in [9.17, 15) is 9.59 Å². The standard InChI is InChI=1S/C23H26N2O4/c1-16-9-11-18-5-2-3-6-19(18)25(16)23(27)8-4-7-22(26)24-14-17-10-12-20-21(13-17)29-15-28-20/h2-3,5-6,10,12-13,16H,4,7-9,11,14-15H2,1H3,(H,24,26). The minimum absolute atomic E-state index is 0.0532. The molecule has 2 aliphatic rings. The molecule has 2 aromatic rings. The number of carbonyl (C=O) groups excluding carboxylic acids is 2. The van der Waals surface area contributed by atoms with Gasteiger partial charge in [0, 0.05) is 31.1 Å². The number of ether oxygens (including phenoxy) is 2. The van der Waals surface area contributed by atoms with Crippen molar-refractivity contribution in [2.45, 2.75) is 51.6 Å². The molecule has 0 fully saturated rings. The Morgan fingerprint density at radius 3 is 2.83 bits per heavy atom. The number of hydrogen-bond donors (Lipinski definition) is 1. The topological polar surface area (TPSA) is 67.9 Å². The van der Waals surface area contributed by atoms with Crippen LogP contribution in [0.3, 0.4) is 0 Å². The Kier molecular flexibility index (Phi) is 5.69.